The van der Waals surface area contributed by atoms with E-state index in [1.807, 2.05) is 0 Å². The van der Waals surface area contributed by atoms with Crippen LogP contribution in [0.4, 0.5) is 11.4 Å². The van der Waals surface area contributed by atoms with Gasteiger partial charge >= 0.3 is 0 Å². The summed E-state index contributed by atoms with van der Waals surface area (Å²) in [5.74, 6) is 3.19. The number of furan rings is 1. The van der Waals surface area contributed by atoms with Crippen LogP contribution in [-0.4, -0.2) is 17.0 Å². The molecule has 6 atom stereocenters. The third-order valence-corrected chi connectivity index (χ3v) is 13.6. The number of allylic oxidation sites excluding steroid dienone is 12. The molecule has 3 aromatic rings. The number of rotatable bonds is 4. The van der Waals surface area contributed by atoms with Gasteiger partial charge in [-0.1, -0.05) is 91.1 Å². The maximum absolute atomic E-state index is 6.66. The van der Waals surface area contributed by atoms with Gasteiger partial charge in [-0.15, -0.1) is 0 Å². The number of para-hydroxylation sites is 2. The largest absolute Gasteiger partial charge is 0.458 e. The first-order chi connectivity index (χ1) is 25.3. The van der Waals surface area contributed by atoms with Crippen LogP contribution in [0.1, 0.15) is 93.4 Å². The van der Waals surface area contributed by atoms with E-state index in [-0.39, 0.29) is 0 Å². The molecule has 0 saturated carbocycles. The van der Waals surface area contributed by atoms with E-state index in [0.29, 0.717) is 35.8 Å². The van der Waals surface area contributed by atoms with Gasteiger partial charge in [-0.3, -0.25) is 0 Å². The second-order valence-electron chi connectivity index (χ2n) is 16.2. The Morgan fingerprint density at radius 3 is 2.61 bits per heavy atom. The van der Waals surface area contributed by atoms with Gasteiger partial charge in [0.15, 0.2) is 5.58 Å². The molecule has 1 aromatic heterocycles. The second-order valence-corrected chi connectivity index (χ2v) is 16.2. The maximum atomic E-state index is 6.66. The lowest BCUT2D eigenvalue weighted by atomic mass is 9.72. The molecule has 11 rings (SSSR count). The molecule has 256 valence electrons. The lowest BCUT2D eigenvalue weighted by Gasteiger charge is -2.36. The van der Waals surface area contributed by atoms with Crippen LogP contribution in [0.5, 0.6) is 0 Å². The van der Waals surface area contributed by atoms with E-state index in [9.17, 15) is 0 Å². The van der Waals surface area contributed by atoms with Gasteiger partial charge in [0.05, 0.1) is 11.7 Å². The van der Waals surface area contributed by atoms with Gasteiger partial charge in [0.1, 0.15) is 5.76 Å². The molecule has 0 N–H and O–H groups in total. The fourth-order valence-electron chi connectivity index (χ4n) is 11.2. The van der Waals surface area contributed by atoms with Crippen molar-refractivity contribution in [2.24, 2.45) is 17.8 Å². The molecule has 0 spiro atoms. The summed E-state index contributed by atoms with van der Waals surface area (Å²) in [5, 5.41) is 1.25. The van der Waals surface area contributed by atoms with Gasteiger partial charge in [0.25, 0.3) is 0 Å². The fourth-order valence-corrected chi connectivity index (χ4v) is 11.2. The average Bonchev–Trinajstić information content (AvgIpc) is 3.86. The third-order valence-electron chi connectivity index (χ3n) is 13.6. The summed E-state index contributed by atoms with van der Waals surface area (Å²) in [5.41, 5.74) is 14.3. The highest BCUT2D eigenvalue weighted by Gasteiger charge is 2.46. The minimum absolute atomic E-state index is 0.303. The Labute approximate surface area is 302 Å². The fraction of sp³-hybridized carbons (Fsp3) is 0.375. The summed E-state index contributed by atoms with van der Waals surface area (Å²) < 4.78 is 6.66. The zero-order valence-electron chi connectivity index (χ0n) is 29.6. The van der Waals surface area contributed by atoms with Gasteiger partial charge in [-0.2, -0.15) is 0 Å². The van der Waals surface area contributed by atoms with Crippen LogP contribution in [0.3, 0.4) is 0 Å². The van der Waals surface area contributed by atoms with Gasteiger partial charge < -0.3 is 14.2 Å². The van der Waals surface area contributed by atoms with E-state index >= 15 is 0 Å². The van der Waals surface area contributed by atoms with Crippen molar-refractivity contribution in [3.05, 3.63) is 148 Å². The molecule has 3 nitrogen and oxygen atoms in total. The maximum Gasteiger partial charge on any atom is 0.158 e. The molecule has 0 bridgehead atoms. The van der Waals surface area contributed by atoms with Crippen LogP contribution in [-0.2, 0) is 6.42 Å². The zero-order valence-corrected chi connectivity index (χ0v) is 29.6. The Bertz CT molecular complexity index is 2180. The summed E-state index contributed by atoms with van der Waals surface area (Å²) in [6, 6.07) is 16.8. The Kier molecular flexibility index (Phi) is 7.12. The number of benzene rings is 2. The Morgan fingerprint density at radius 2 is 1.69 bits per heavy atom. The quantitative estimate of drug-likeness (QED) is 0.258. The van der Waals surface area contributed by atoms with Crippen LogP contribution in [0, 0.1) is 17.8 Å². The molecule has 1 fully saturated rings. The number of hydrogen-bond acceptors (Lipinski definition) is 3. The molecule has 51 heavy (non-hydrogen) atoms. The van der Waals surface area contributed by atoms with Crippen LogP contribution in [0.2, 0.25) is 0 Å². The van der Waals surface area contributed by atoms with Crippen LogP contribution in [0.25, 0.3) is 17.0 Å². The van der Waals surface area contributed by atoms with Crippen LogP contribution in [0.15, 0.2) is 136 Å². The number of nitrogens with zero attached hydrogens (tertiary/aromatic N) is 2. The average molecular weight is 669 g/mol. The summed E-state index contributed by atoms with van der Waals surface area (Å²) in [6.45, 7) is 0. The number of anilines is 2. The van der Waals surface area contributed by atoms with Crippen molar-refractivity contribution in [2.45, 2.75) is 95.1 Å². The molecular weight excluding hydrogens is 621 g/mol. The van der Waals surface area contributed by atoms with Crippen LogP contribution < -0.4 is 4.90 Å². The molecule has 0 amide bonds. The van der Waals surface area contributed by atoms with E-state index in [1.54, 1.807) is 22.4 Å². The van der Waals surface area contributed by atoms with Gasteiger partial charge in [-0.05, 0) is 123 Å². The van der Waals surface area contributed by atoms with E-state index < -0.39 is 0 Å². The first-order valence-corrected chi connectivity index (χ1v) is 20.0. The first kappa shape index (κ1) is 30.2. The molecule has 3 heterocycles. The molecule has 0 radical (unpaired) electrons. The van der Waals surface area contributed by atoms with Crippen molar-refractivity contribution in [2.75, 3.05) is 4.90 Å². The highest BCUT2D eigenvalue weighted by molar-refractivity contribution is 5.99. The number of fused-ring (bicyclic) bond motifs is 9. The number of aryl methyl sites for hydroxylation is 1. The minimum atomic E-state index is 0.303. The molecule has 6 aliphatic carbocycles. The van der Waals surface area contributed by atoms with E-state index in [0.717, 1.165) is 30.6 Å². The van der Waals surface area contributed by atoms with Gasteiger partial charge in [0, 0.05) is 52.3 Å². The lowest BCUT2D eigenvalue weighted by Crippen LogP contribution is -2.33. The second kappa shape index (κ2) is 12.0. The molecule has 2 aliphatic heterocycles. The molecule has 8 aliphatic rings. The molecule has 3 heteroatoms. The van der Waals surface area contributed by atoms with Gasteiger partial charge in [-0.25, -0.2) is 0 Å². The third kappa shape index (κ3) is 4.76. The lowest BCUT2D eigenvalue weighted by molar-refractivity contribution is 0.297. The summed E-state index contributed by atoms with van der Waals surface area (Å²) in [6.07, 6.45) is 42.0. The smallest absolute Gasteiger partial charge is 0.158 e. The minimum Gasteiger partial charge on any atom is -0.458 e. The molecule has 6 unspecified atom stereocenters. The topological polar surface area (TPSA) is 19.6 Å². The van der Waals surface area contributed by atoms with Crippen molar-refractivity contribution in [3.8, 4) is 0 Å². The molecular formula is C48H48N2O. The molecule has 2 aromatic carbocycles. The SMILES string of the molecule is C1=Cc2c(oc3c(N4c5ccccc5C5CC(C6C=C7C(=CC6)N(C6=CC=C(C8=CCCCC8)CC6)C6CCC=CC76)C=CC54)cccc23)CC1. The van der Waals surface area contributed by atoms with E-state index in [1.165, 1.54) is 91.4 Å². The number of hydrogen-bond donors (Lipinski definition) is 0. The van der Waals surface area contributed by atoms with Crippen molar-refractivity contribution < 1.29 is 4.42 Å². The van der Waals surface area contributed by atoms with E-state index in [4.69, 9.17) is 4.42 Å². The summed E-state index contributed by atoms with van der Waals surface area (Å²) in [4.78, 5) is 5.39. The zero-order chi connectivity index (χ0) is 33.5. The predicted molar refractivity (Wildman–Crippen MR) is 210 cm³/mol. The summed E-state index contributed by atoms with van der Waals surface area (Å²) in [7, 11) is 0. The predicted octanol–water partition coefficient (Wildman–Crippen LogP) is 12.2. The van der Waals surface area contributed by atoms with Crippen LogP contribution >= 0.6 is 0 Å². The molecule has 1 saturated heterocycles. The Morgan fingerprint density at radius 1 is 0.725 bits per heavy atom. The Balaban J connectivity index is 0.904. The van der Waals surface area contributed by atoms with Crippen molar-refractivity contribution in [1.82, 2.24) is 4.90 Å². The van der Waals surface area contributed by atoms with E-state index in [2.05, 4.69) is 119 Å². The Hall–Kier alpha value is -4.50. The normalized spacial score (nSPS) is 30.5. The number of likely N-dealkylation sites (tertiary alicyclic amines) is 1. The standard InChI is InChI=1S/C48H48N2O/c1-2-11-31(12-3-1)32-21-25-35(26-22-32)49-42-17-7-4-13-36(42)40-29-33(23-27-44(40)49)34-24-28-45-41(30-34)37-14-5-8-18-43(37)50(45)46-19-10-16-39-38-15-6-9-20-47(38)51-48(39)46/h4-6,8,10-11,13-16,18-19,21,24-25,27-29,33-34,36,41-42,45H,1-3,7,9,12,17,20,22-23,26,30H2. The first-order valence-electron chi connectivity index (χ1n) is 20.0. The highest BCUT2D eigenvalue weighted by Crippen LogP contribution is 2.55. The monoisotopic (exact) mass is 668 g/mol. The highest BCUT2D eigenvalue weighted by atomic mass is 16.3. The summed E-state index contributed by atoms with van der Waals surface area (Å²) >= 11 is 0. The van der Waals surface area contributed by atoms with Gasteiger partial charge in [0.2, 0.25) is 0 Å². The van der Waals surface area contributed by atoms with Crippen molar-refractivity contribution in [1.29, 1.82) is 0 Å². The van der Waals surface area contributed by atoms with Crippen molar-refractivity contribution in [3.63, 3.8) is 0 Å². The van der Waals surface area contributed by atoms with Crippen molar-refractivity contribution >= 4 is 28.4 Å².